The zero-order valence-corrected chi connectivity index (χ0v) is 11.7. The number of hydrogen-bond donors (Lipinski definition) is 1. The van der Waals surface area contributed by atoms with E-state index < -0.39 is 17.8 Å². The first-order valence-electron chi connectivity index (χ1n) is 6.40. The Morgan fingerprint density at radius 1 is 1.33 bits per heavy atom. The minimum atomic E-state index is -4.35. The molecule has 0 spiro atoms. The van der Waals surface area contributed by atoms with Gasteiger partial charge in [-0.25, -0.2) is 0 Å². The van der Waals surface area contributed by atoms with Gasteiger partial charge in [0.1, 0.15) is 11.9 Å². The summed E-state index contributed by atoms with van der Waals surface area (Å²) in [4.78, 5) is 0. The molecule has 0 amide bonds. The van der Waals surface area contributed by atoms with Crippen molar-refractivity contribution < 1.29 is 17.9 Å². The molecule has 1 atom stereocenters. The third-order valence-electron chi connectivity index (χ3n) is 2.79. The van der Waals surface area contributed by atoms with Crippen LogP contribution >= 0.6 is 0 Å². The summed E-state index contributed by atoms with van der Waals surface area (Å²) in [6.07, 6.45) is 2.18. The van der Waals surface area contributed by atoms with Crippen LogP contribution in [0.1, 0.15) is 12.5 Å². The van der Waals surface area contributed by atoms with Crippen LogP contribution in [-0.2, 0) is 6.18 Å². The lowest BCUT2D eigenvalue weighted by atomic mass is 10.2. The Balaban J connectivity index is 2.76. The van der Waals surface area contributed by atoms with Crippen molar-refractivity contribution in [1.29, 1.82) is 0 Å². The molecule has 0 heterocycles. The minimum Gasteiger partial charge on any atom is -0.482 e. The summed E-state index contributed by atoms with van der Waals surface area (Å²) in [7, 11) is 0. The number of nitrogens with two attached hydrogens (primary N) is 1. The van der Waals surface area contributed by atoms with Crippen LogP contribution in [0, 0.1) is 0 Å². The van der Waals surface area contributed by atoms with Gasteiger partial charge in [-0.05, 0) is 48.9 Å². The summed E-state index contributed by atoms with van der Waals surface area (Å²) < 4.78 is 42.9. The lowest BCUT2D eigenvalue weighted by molar-refractivity contribution is -0.137. The molecule has 0 aliphatic carbocycles. The molecular weight excluding hydrogens is 279 g/mol. The maximum Gasteiger partial charge on any atom is 0.416 e. The van der Waals surface area contributed by atoms with Crippen molar-refractivity contribution in [3.8, 4) is 5.75 Å². The third kappa shape index (κ3) is 5.47. The standard InChI is InChI=1S/C16H18F3NO/c1-3-12(11-20)5-8-14(4-2)21-15-9-6-13(7-10-15)16(17,18)19/h3-10,14H,2,11,20H2,1H3/b8-5-,12-3+. The van der Waals surface area contributed by atoms with E-state index in [9.17, 15) is 13.2 Å². The molecule has 0 saturated heterocycles. The summed E-state index contributed by atoms with van der Waals surface area (Å²) in [6, 6.07) is 4.53. The summed E-state index contributed by atoms with van der Waals surface area (Å²) in [6.45, 7) is 5.90. The van der Waals surface area contributed by atoms with Gasteiger partial charge in [0, 0.05) is 6.54 Å². The molecule has 0 fully saturated rings. The fraction of sp³-hybridized carbons (Fsp3) is 0.250. The summed E-state index contributed by atoms with van der Waals surface area (Å²) in [5, 5.41) is 0. The van der Waals surface area contributed by atoms with Crippen molar-refractivity contribution in [3.05, 3.63) is 66.3 Å². The highest BCUT2D eigenvalue weighted by molar-refractivity contribution is 5.30. The second-order valence-electron chi connectivity index (χ2n) is 4.27. The Hall–Kier alpha value is -2.01. The molecule has 1 aromatic carbocycles. The van der Waals surface area contributed by atoms with Crippen LogP contribution in [0.25, 0.3) is 0 Å². The highest BCUT2D eigenvalue weighted by atomic mass is 19.4. The number of ether oxygens (including phenoxy) is 1. The van der Waals surface area contributed by atoms with Crippen LogP contribution in [0.2, 0.25) is 0 Å². The van der Waals surface area contributed by atoms with E-state index in [0.29, 0.717) is 12.3 Å². The van der Waals surface area contributed by atoms with E-state index in [1.165, 1.54) is 12.1 Å². The molecule has 0 aliphatic rings. The molecule has 0 saturated carbocycles. The zero-order valence-electron chi connectivity index (χ0n) is 11.7. The van der Waals surface area contributed by atoms with Gasteiger partial charge in [0.05, 0.1) is 5.56 Å². The Morgan fingerprint density at radius 3 is 2.38 bits per heavy atom. The summed E-state index contributed by atoms with van der Waals surface area (Å²) in [5.74, 6) is 0.340. The fourth-order valence-corrected chi connectivity index (χ4v) is 1.55. The van der Waals surface area contributed by atoms with E-state index in [2.05, 4.69) is 6.58 Å². The van der Waals surface area contributed by atoms with Crippen molar-refractivity contribution in [2.24, 2.45) is 5.73 Å². The van der Waals surface area contributed by atoms with Crippen LogP contribution in [0.4, 0.5) is 13.2 Å². The Morgan fingerprint density at radius 2 is 1.95 bits per heavy atom. The van der Waals surface area contributed by atoms with Gasteiger partial charge in [0.25, 0.3) is 0 Å². The van der Waals surface area contributed by atoms with Gasteiger partial charge in [0.15, 0.2) is 0 Å². The fourth-order valence-electron chi connectivity index (χ4n) is 1.55. The average molecular weight is 297 g/mol. The summed E-state index contributed by atoms with van der Waals surface area (Å²) >= 11 is 0. The number of hydrogen-bond acceptors (Lipinski definition) is 2. The molecule has 0 aromatic heterocycles. The molecule has 2 N–H and O–H groups in total. The predicted octanol–water partition coefficient (Wildman–Crippen LogP) is 4.10. The van der Waals surface area contributed by atoms with Gasteiger partial charge in [-0.15, -0.1) is 0 Å². The highest BCUT2D eigenvalue weighted by Gasteiger charge is 2.30. The van der Waals surface area contributed by atoms with Crippen LogP contribution in [0.3, 0.4) is 0 Å². The smallest absolute Gasteiger partial charge is 0.416 e. The number of rotatable bonds is 6. The maximum absolute atomic E-state index is 12.4. The van der Waals surface area contributed by atoms with Crippen LogP contribution in [0.15, 0.2) is 60.7 Å². The molecule has 21 heavy (non-hydrogen) atoms. The van der Waals surface area contributed by atoms with Gasteiger partial charge in [-0.2, -0.15) is 13.2 Å². The highest BCUT2D eigenvalue weighted by Crippen LogP contribution is 2.30. The molecule has 1 unspecified atom stereocenters. The molecule has 0 aliphatic heterocycles. The number of halogens is 3. The Kier molecular flexibility index (Phi) is 6.24. The van der Waals surface area contributed by atoms with E-state index in [0.717, 1.165) is 17.7 Å². The predicted molar refractivity (Wildman–Crippen MR) is 78.0 cm³/mol. The normalized spacial score (nSPS) is 14.2. The van der Waals surface area contributed by atoms with E-state index in [-0.39, 0.29) is 0 Å². The Labute approximate surface area is 122 Å². The molecule has 1 rings (SSSR count). The third-order valence-corrected chi connectivity index (χ3v) is 2.79. The second-order valence-corrected chi connectivity index (χ2v) is 4.27. The van der Waals surface area contributed by atoms with Crippen molar-refractivity contribution in [2.75, 3.05) is 6.54 Å². The van der Waals surface area contributed by atoms with E-state index >= 15 is 0 Å². The quantitative estimate of drug-likeness (QED) is 0.634. The molecule has 5 heteroatoms. The topological polar surface area (TPSA) is 35.2 Å². The van der Waals surface area contributed by atoms with Gasteiger partial charge in [-0.1, -0.05) is 18.7 Å². The molecule has 0 bridgehead atoms. The molecule has 1 aromatic rings. The maximum atomic E-state index is 12.4. The first kappa shape index (κ1) is 17.0. The van der Waals surface area contributed by atoms with Gasteiger partial charge < -0.3 is 10.5 Å². The van der Waals surface area contributed by atoms with Gasteiger partial charge >= 0.3 is 6.18 Å². The van der Waals surface area contributed by atoms with E-state index in [1.807, 2.05) is 13.0 Å². The molecule has 114 valence electrons. The number of benzene rings is 1. The van der Waals surface area contributed by atoms with Crippen LogP contribution in [0.5, 0.6) is 5.75 Å². The molecule has 2 nitrogen and oxygen atoms in total. The minimum absolute atomic E-state index is 0.340. The number of allylic oxidation sites excluding steroid dienone is 1. The van der Waals surface area contributed by atoms with E-state index in [1.54, 1.807) is 18.2 Å². The van der Waals surface area contributed by atoms with Gasteiger partial charge in [-0.3, -0.25) is 0 Å². The first-order chi connectivity index (χ1) is 9.90. The van der Waals surface area contributed by atoms with Crippen LogP contribution < -0.4 is 10.5 Å². The Bertz CT molecular complexity index is 515. The van der Waals surface area contributed by atoms with E-state index in [4.69, 9.17) is 10.5 Å². The monoisotopic (exact) mass is 297 g/mol. The van der Waals surface area contributed by atoms with Crippen molar-refractivity contribution >= 4 is 0 Å². The lowest BCUT2D eigenvalue weighted by Crippen LogP contribution is -2.11. The molecular formula is C16H18F3NO. The zero-order chi connectivity index (χ0) is 15.9. The van der Waals surface area contributed by atoms with Crippen molar-refractivity contribution in [1.82, 2.24) is 0 Å². The van der Waals surface area contributed by atoms with Crippen LogP contribution in [-0.4, -0.2) is 12.6 Å². The average Bonchev–Trinajstić information content (AvgIpc) is 2.46. The van der Waals surface area contributed by atoms with Crippen molar-refractivity contribution in [3.63, 3.8) is 0 Å². The lowest BCUT2D eigenvalue weighted by Gasteiger charge is -2.13. The van der Waals surface area contributed by atoms with Gasteiger partial charge in [0.2, 0.25) is 0 Å². The first-order valence-corrected chi connectivity index (χ1v) is 6.40. The van der Waals surface area contributed by atoms with Crippen molar-refractivity contribution in [2.45, 2.75) is 19.2 Å². The number of alkyl halides is 3. The SMILES string of the molecule is C=CC(/C=C\C(=C/C)CN)Oc1ccc(C(F)(F)F)cc1. The second kappa shape index (κ2) is 7.69. The summed E-state index contributed by atoms with van der Waals surface area (Å²) in [5.41, 5.74) is 5.75. The largest absolute Gasteiger partial charge is 0.482 e. The molecule has 0 radical (unpaired) electrons.